The molecule has 13 heteroatoms. The molecule has 2 aromatic rings. The molecule has 224 valence electrons. The van der Waals surface area contributed by atoms with Crippen molar-refractivity contribution in [2.24, 2.45) is 5.92 Å². The van der Waals surface area contributed by atoms with Crippen molar-refractivity contribution >= 4 is 58.3 Å². The molecule has 6 amide bonds. The van der Waals surface area contributed by atoms with Gasteiger partial charge in [-0.15, -0.1) is 0 Å². The van der Waals surface area contributed by atoms with E-state index in [9.17, 15) is 28.8 Å². The van der Waals surface area contributed by atoms with Crippen molar-refractivity contribution in [2.75, 3.05) is 9.80 Å². The van der Waals surface area contributed by atoms with Crippen molar-refractivity contribution in [3.63, 3.8) is 0 Å². The molecule has 0 radical (unpaired) electrons. The highest BCUT2D eigenvalue weighted by Gasteiger charge is 2.41. The van der Waals surface area contributed by atoms with Crippen LogP contribution in [-0.4, -0.2) is 58.4 Å². The van der Waals surface area contributed by atoms with Crippen LogP contribution in [0.2, 0.25) is 0 Å². The number of hydrogen-bond acceptors (Lipinski definition) is 7. The number of anilines is 2. The van der Waals surface area contributed by atoms with Crippen molar-refractivity contribution in [2.45, 2.75) is 77.5 Å². The molecule has 0 spiro atoms. The molecule has 1 aromatic heterocycles. The Bertz CT molecular complexity index is 1390. The quantitative estimate of drug-likeness (QED) is 0.306. The van der Waals surface area contributed by atoms with Gasteiger partial charge in [-0.25, -0.2) is 9.69 Å². The van der Waals surface area contributed by atoms with Crippen LogP contribution in [0.3, 0.4) is 0 Å². The molecule has 2 aliphatic heterocycles. The molecule has 0 aliphatic carbocycles. The topological polar surface area (TPSA) is 165 Å². The van der Waals surface area contributed by atoms with E-state index in [4.69, 9.17) is 5.11 Å². The van der Waals surface area contributed by atoms with E-state index in [2.05, 4.69) is 16.0 Å². The van der Waals surface area contributed by atoms with Gasteiger partial charge in [0.1, 0.15) is 17.6 Å². The fraction of sp³-hybridized carbons (Fsp3) is 0.448. The number of nitrogens with one attached hydrogen (secondary N) is 3. The largest absolute Gasteiger partial charge is 0.465 e. The summed E-state index contributed by atoms with van der Waals surface area (Å²) in [5, 5.41) is 20.4. The first-order chi connectivity index (χ1) is 19.8. The molecule has 1 fully saturated rings. The highest BCUT2D eigenvalue weighted by atomic mass is 32.1. The molecule has 12 nitrogen and oxygen atoms in total. The summed E-state index contributed by atoms with van der Waals surface area (Å²) in [6.45, 7) is 6.69. The van der Waals surface area contributed by atoms with E-state index in [0.29, 0.717) is 16.9 Å². The monoisotopic (exact) mass is 597 g/mol. The first-order valence-electron chi connectivity index (χ1n) is 13.7. The van der Waals surface area contributed by atoms with Crippen molar-refractivity contribution in [3.8, 4) is 0 Å². The minimum Gasteiger partial charge on any atom is -0.465 e. The number of carbonyl (C=O) groups excluding carboxylic acids is 5. The summed E-state index contributed by atoms with van der Waals surface area (Å²) in [5.41, 5.74) is 0.816. The molecule has 4 N–H and O–H groups in total. The molecular formula is C29H35N5O7S. The zero-order valence-electron chi connectivity index (χ0n) is 23.9. The highest BCUT2D eigenvalue weighted by Crippen LogP contribution is 2.40. The lowest BCUT2D eigenvalue weighted by Crippen LogP contribution is -2.61. The maximum Gasteiger partial charge on any atom is 0.405 e. The van der Waals surface area contributed by atoms with Gasteiger partial charge < -0.3 is 26.0 Å². The lowest BCUT2D eigenvalue weighted by atomic mass is 9.94. The third-order valence-corrected chi connectivity index (χ3v) is 7.93. The Hall–Kier alpha value is -4.26. The van der Waals surface area contributed by atoms with E-state index in [1.807, 2.05) is 30.7 Å². The van der Waals surface area contributed by atoms with Crippen molar-refractivity contribution in [1.29, 1.82) is 0 Å². The lowest BCUT2D eigenvalue weighted by molar-refractivity contribution is -0.133. The van der Waals surface area contributed by atoms with Gasteiger partial charge in [0.15, 0.2) is 0 Å². The predicted molar refractivity (Wildman–Crippen MR) is 156 cm³/mol. The van der Waals surface area contributed by atoms with Gasteiger partial charge in [-0.1, -0.05) is 26.0 Å². The Kier molecular flexibility index (Phi) is 9.00. The Labute approximate surface area is 247 Å². The van der Waals surface area contributed by atoms with Gasteiger partial charge >= 0.3 is 6.09 Å². The highest BCUT2D eigenvalue weighted by molar-refractivity contribution is 7.07. The molecule has 3 heterocycles. The average molecular weight is 598 g/mol. The molecule has 0 saturated carbocycles. The summed E-state index contributed by atoms with van der Waals surface area (Å²) in [4.78, 5) is 79.5. The maximum absolute atomic E-state index is 14.0. The van der Waals surface area contributed by atoms with Crippen LogP contribution in [0.15, 0.2) is 35.0 Å². The fourth-order valence-electron chi connectivity index (χ4n) is 5.16. The minimum absolute atomic E-state index is 0.00689. The van der Waals surface area contributed by atoms with Crippen molar-refractivity contribution in [3.05, 3.63) is 46.2 Å². The first kappa shape index (κ1) is 30.7. The standard InChI is InChI=1S/C29H35N5O7S/c1-16(2)12-19(31-27(39)29(3,4)32-28(40)41)25(37)30-20-13-18-6-5-7-21(34-22(35)8-9-23(34)36)24(18)33(26(20)38)14-17-10-11-42-15-17/h5-7,10-11,15-16,19-20,32H,8-9,12-14H2,1-4H3,(H,30,37)(H,31,39)(H,40,41)/t19-,20?/m1/s1. The van der Waals surface area contributed by atoms with Crippen LogP contribution >= 0.6 is 11.3 Å². The number of hydrogen-bond donors (Lipinski definition) is 4. The van der Waals surface area contributed by atoms with Gasteiger partial charge in [0.25, 0.3) is 0 Å². The van der Waals surface area contributed by atoms with Crippen LogP contribution in [0.5, 0.6) is 0 Å². The number of benzene rings is 1. The number of amides is 6. The van der Waals surface area contributed by atoms with Crippen LogP contribution in [-0.2, 0) is 36.9 Å². The zero-order valence-corrected chi connectivity index (χ0v) is 24.7. The smallest absolute Gasteiger partial charge is 0.405 e. The summed E-state index contributed by atoms with van der Waals surface area (Å²) < 4.78 is 0. The molecular weight excluding hydrogens is 562 g/mol. The first-order valence-corrected chi connectivity index (χ1v) is 14.6. The molecule has 4 rings (SSSR count). The van der Waals surface area contributed by atoms with E-state index in [-0.39, 0.29) is 50.0 Å². The van der Waals surface area contributed by atoms with E-state index < -0.39 is 41.4 Å². The van der Waals surface area contributed by atoms with Crippen molar-refractivity contribution in [1.82, 2.24) is 16.0 Å². The summed E-state index contributed by atoms with van der Waals surface area (Å²) >= 11 is 1.46. The van der Waals surface area contributed by atoms with Gasteiger partial charge in [0.05, 0.1) is 17.9 Å². The van der Waals surface area contributed by atoms with E-state index in [0.717, 1.165) is 10.5 Å². The van der Waals surface area contributed by atoms with E-state index in [1.165, 1.54) is 30.1 Å². The zero-order chi connectivity index (χ0) is 30.8. The van der Waals surface area contributed by atoms with Crippen LogP contribution in [0, 0.1) is 5.92 Å². The molecule has 2 aliphatic rings. The predicted octanol–water partition coefficient (Wildman–Crippen LogP) is 2.55. The third kappa shape index (κ3) is 6.62. The van der Waals surface area contributed by atoms with Crippen molar-refractivity contribution < 1.29 is 33.9 Å². The van der Waals surface area contributed by atoms with E-state index in [1.54, 1.807) is 18.2 Å². The molecule has 0 bridgehead atoms. The Morgan fingerprint density at radius 1 is 1.10 bits per heavy atom. The van der Waals surface area contributed by atoms with Gasteiger partial charge in [0.2, 0.25) is 29.5 Å². The molecule has 1 unspecified atom stereocenters. The Morgan fingerprint density at radius 3 is 2.38 bits per heavy atom. The van der Waals surface area contributed by atoms with Crippen LogP contribution in [0.25, 0.3) is 0 Å². The fourth-order valence-corrected chi connectivity index (χ4v) is 5.82. The second-order valence-electron chi connectivity index (χ2n) is 11.4. The van der Waals surface area contributed by atoms with Crippen LogP contribution < -0.4 is 25.8 Å². The molecule has 1 saturated heterocycles. The normalized spacial score (nSPS) is 17.7. The van der Waals surface area contributed by atoms with Gasteiger partial charge in [-0.3, -0.25) is 24.0 Å². The number of carbonyl (C=O) groups is 6. The average Bonchev–Trinajstić information content (AvgIpc) is 3.53. The molecule has 1 aromatic carbocycles. The van der Waals surface area contributed by atoms with Gasteiger partial charge in [0, 0.05) is 19.3 Å². The second kappa shape index (κ2) is 12.3. The van der Waals surface area contributed by atoms with E-state index >= 15 is 0 Å². The SMILES string of the molecule is CC(C)C[C@@H](NC(=O)C(C)(C)NC(=O)O)C(=O)NC1Cc2cccc(N3C(=O)CCC3=O)c2N(Cc2ccsc2)C1=O. The number of rotatable bonds is 10. The van der Waals surface area contributed by atoms with Gasteiger partial charge in [-0.05, 0) is 60.2 Å². The third-order valence-electron chi connectivity index (χ3n) is 7.20. The number of nitrogens with zero attached hydrogens (tertiary/aromatic N) is 2. The Morgan fingerprint density at radius 2 is 1.79 bits per heavy atom. The van der Waals surface area contributed by atoms with Crippen LogP contribution in [0.1, 0.15) is 58.1 Å². The Balaban J connectivity index is 1.64. The number of para-hydroxylation sites is 1. The number of fused-ring (bicyclic) bond motifs is 1. The second-order valence-corrected chi connectivity index (χ2v) is 12.2. The molecule has 2 atom stereocenters. The number of imide groups is 1. The minimum atomic E-state index is -1.50. The molecule has 42 heavy (non-hydrogen) atoms. The summed E-state index contributed by atoms with van der Waals surface area (Å²) in [5.74, 6) is -2.36. The van der Waals surface area contributed by atoms with Gasteiger partial charge in [-0.2, -0.15) is 11.3 Å². The lowest BCUT2D eigenvalue weighted by Gasteiger charge is -2.37. The van der Waals surface area contributed by atoms with Crippen LogP contribution in [0.4, 0.5) is 16.2 Å². The summed E-state index contributed by atoms with van der Waals surface area (Å²) in [6.07, 6.45) is -0.824. The number of thiophene rings is 1. The number of carboxylic acid groups (broad SMARTS) is 1. The maximum atomic E-state index is 14.0. The summed E-state index contributed by atoms with van der Waals surface area (Å²) in [7, 11) is 0. The summed E-state index contributed by atoms with van der Waals surface area (Å²) in [6, 6.07) is 5.01.